The monoisotopic (exact) mass is 405 g/mol. The van der Waals surface area contributed by atoms with Crippen LogP contribution in [-0.2, 0) is 16.0 Å². The number of carbonyl (C=O) groups excluding carboxylic acids is 1. The number of halogens is 1. The fourth-order valence-corrected chi connectivity index (χ4v) is 3.01. The summed E-state index contributed by atoms with van der Waals surface area (Å²) in [6, 6.07) is 6.92. The van der Waals surface area contributed by atoms with Gasteiger partial charge in [-0.3, -0.25) is 4.79 Å². The first-order chi connectivity index (χ1) is 9.51. The molecule has 1 aromatic carbocycles. The van der Waals surface area contributed by atoms with E-state index in [1.165, 1.54) is 4.90 Å². The molecule has 2 atom stereocenters. The third-order valence-corrected chi connectivity index (χ3v) is 4.74. The largest absolute Gasteiger partial charge is 0.480 e. The topological polar surface area (TPSA) is 57.6 Å². The fraction of sp³-hybridized carbons (Fsp3) is 0.429. The lowest BCUT2D eigenvalue weighted by molar-refractivity contribution is -0.148. The molecule has 1 fully saturated rings. The summed E-state index contributed by atoms with van der Waals surface area (Å²) in [5, 5.41) is 9.41. The highest BCUT2D eigenvalue weighted by Gasteiger charge is 2.37. The van der Waals surface area contributed by atoms with Crippen LogP contribution in [0.5, 0.6) is 0 Å². The van der Waals surface area contributed by atoms with Crippen molar-refractivity contribution in [2.45, 2.75) is 18.9 Å². The molecule has 1 amide bonds. The number of rotatable bonds is 5. The Morgan fingerprint density at radius 2 is 2.10 bits per heavy atom. The number of likely N-dealkylation sites (tertiary alicyclic amines) is 1. The van der Waals surface area contributed by atoms with Gasteiger partial charge in [-0.2, -0.15) is 12.6 Å². The van der Waals surface area contributed by atoms with E-state index < -0.39 is 12.0 Å². The second-order valence-corrected chi connectivity index (χ2v) is 6.59. The van der Waals surface area contributed by atoms with Crippen LogP contribution in [0.4, 0.5) is 0 Å². The summed E-state index contributed by atoms with van der Waals surface area (Å²) < 4.78 is 1.10. The quantitative estimate of drug-likeness (QED) is 0.583. The van der Waals surface area contributed by atoms with Crippen molar-refractivity contribution < 1.29 is 14.7 Å². The lowest BCUT2D eigenvalue weighted by Crippen LogP contribution is -2.43. The molecule has 1 aromatic rings. The van der Waals surface area contributed by atoms with Gasteiger partial charge in [0.15, 0.2) is 0 Å². The Morgan fingerprint density at radius 3 is 2.60 bits per heavy atom. The standard InChI is InChI=1S/C14H16INO3S/c15-11-3-1-9(2-4-11)5-12(14(18)19)16-7-10(8-20)6-13(16)17/h1-4,10,12,20H,5-8H2,(H,18,19). The van der Waals surface area contributed by atoms with E-state index in [0.29, 0.717) is 25.1 Å². The molecular formula is C14H16INO3S. The predicted octanol–water partition coefficient (Wildman–Crippen LogP) is 2.07. The van der Waals surface area contributed by atoms with Gasteiger partial charge in [0.25, 0.3) is 0 Å². The van der Waals surface area contributed by atoms with E-state index in [4.69, 9.17) is 0 Å². The lowest BCUT2D eigenvalue weighted by atomic mass is 10.0. The Labute approximate surface area is 137 Å². The van der Waals surface area contributed by atoms with E-state index in [2.05, 4.69) is 35.2 Å². The highest BCUT2D eigenvalue weighted by atomic mass is 127. The predicted molar refractivity (Wildman–Crippen MR) is 88.0 cm³/mol. The minimum Gasteiger partial charge on any atom is -0.480 e. The average Bonchev–Trinajstić information content (AvgIpc) is 2.79. The molecule has 1 aliphatic heterocycles. The Hall–Kier alpha value is -0.760. The van der Waals surface area contributed by atoms with Gasteiger partial charge in [-0.25, -0.2) is 4.79 Å². The molecule has 0 bridgehead atoms. The maximum atomic E-state index is 12.0. The fourth-order valence-electron chi connectivity index (χ4n) is 2.41. The number of thiol groups is 1. The molecule has 1 heterocycles. The lowest BCUT2D eigenvalue weighted by Gasteiger charge is -2.24. The average molecular weight is 405 g/mol. The summed E-state index contributed by atoms with van der Waals surface area (Å²) in [7, 11) is 0. The van der Waals surface area contributed by atoms with Gasteiger partial charge in [0.2, 0.25) is 5.91 Å². The van der Waals surface area contributed by atoms with Crippen molar-refractivity contribution in [3.05, 3.63) is 33.4 Å². The Bertz CT molecular complexity index is 506. The minimum atomic E-state index is -0.947. The maximum absolute atomic E-state index is 12.0. The third kappa shape index (κ3) is 3.66. The van der Waals surface area contributed by atoms with Gasteiger partial charge < -0.3 is 10.0 Å². The zero-order chi connectivity index (χ0) is 14.7. The van der Waals surface area contributed by atoms with E-state index in [1.807, 2.05) is 24.3 Å². The van der Waals surface area contributed by atoms with Gasteiger partial charge in [0.05, 0.1) is 0 Å². The molecule has 0 spiro atoms. The smallest absolute Gasteiger partial charge is 0.326 e. The zero-order valence-corrected chi connectivity index (χ0v) is 13.9. The minimum absolute atomic E-state index is 0.0815. The normalized spacial score (nSPS) is 20.2. The first-order valence-corrected chi connectivity index (χ1v) is 8.10. The molecule has 0 aromatic heterocycles. The molecule has 20 heavy (non-hydrogen) atoms. The van der Waals surface area contributed by atoms with Crippen LogP contribution in [0.25, 0.3) is 0 Å². The van der Waals surface area contributed by atoms with Crippen LogP contribution in [0.3, 0.4) is 0 Å². The van der Waals surface area contributed by atoms with Gasteiger partial charge in [-0.1, -0.05) is 12.1 Å². The molecule has 1 aliphatic rings. The summed E-state index contributed by atoms with van der Waals surface area (Å²) in [6.07, 6.45) is 0.747. The summed E-state index contributed by atoms with van der Waals surface area (Å²) >= 11 is 6.40. The Morgan fingerprint density at radius 1 is 1.45 bits per heavy atom. The molecule has 0 saturated carbocycles. The van der Waals surface area contributed by atoms with Crippen LogP contribution in [0.15, 0.2) is 24.3 Å². The number of benzene rings is 1. The number of carboxylic acids is 1. The molecular weight excluding hydrogens is 389 g/mol. The third-order valence-electron chi connectivity index (χ3n) is 3.50. The molecule has 2 unspecified atom stereocenters. The molecule has 0 aliphatic carbocycles. The van der Waals surface area contributed by atoms with Crippen LogP contribution in [-0.4, -0.2) is 40.2 Å². The van der Waals surface area contributed by atoms with Crippen molar-refractivity contribution in [3.63, 3.8) is 0 Å². The van der Waals surface area contributed by atoms with E-state index in [0.717, 1.165) is 9.13 Å². The first kappa shape index (κ1) is 15.6. The molecule has 108 valence electrons. The maximum Gasteiger partial charge on any atom is 0.326 e. The van der Waals surface area contributed by atoms with Crippen LogP contribution >= 0.6 is 35.2 Å². The SMILES string of the molecule is O=C(O)C(Cc1ccc(I)cc1)N1CC(CS)CC1=O. The summed E-state index contributed by atoms with van der Waals surface area (Å²) in [4.78, 5) is 24.9. The van der Waals surface area contributed by atoms with Crippen molar-refractivity contribution in [1.29, 1.82) is 0 Å². The van der Waals surface area contributed by atoms with Gasteiger partial charge >= 0.3 is 5.97 Å². The van der Waals surface area contributed by atoms with Gasteiger partial charge in [0.1, 0.15) is 6.04 Å². The van der Waals surface area contributed by atoms with Crippen LogP contribution in [0.1, 0.15) is 12.0 Å². The van der Waals surface area contributed by atoms with Crippen LogP contribution in [0.2, 0.25) is 0 Å². The first-order valence-electron chi connectivity index (χ1n) is 6.39. The van der Waals surface area contributed by atoms with Crippen molar-refractivity contribution in [2.75, 3.05) is 12.3 Å². The summed E-state index contributed by atoms with van der Waals surface area (Å²) in [5.74, 6) is -0.263. The van der Waals surface area contributed by atoms with Crippen molar-refractivity contribution >= 4 is 47.1 Å². The van der Waals surface area contributed by atoms with Crippen molar-refractivity contribution in [2.24, 2.45) is 5.92 Å². The van der Waals surface area contributed by atoms with Crippen molar-refractivity contribution in [1.82, 2.24) is 4.90 Å². The number of carboxylic acid groups (broad SMARTS) is 1. The van der Waals surface area contributed by atoms with E-state index in [-0.39, 0.29) is 11.8 Å². The Kier molecular flexibility index (Phi) is 5.31. The van der Waals surface area contributed by atoms with Gasteiger partial charge in [-0.15, -0.1) is 0 Å². The second kappa shape index (κ2) is 6.80. The van der Waals surface area contributed by atoms with E-state index in [1.54, 1.807) is 0 Å². The van der Waals surface area contributed by atoms with Gasteiger partial charge in [0, 0.05) is 23.0 Å². The number of hydrogen-bond acceptors (Lipinski definition) is 3. The molecule has 6 heteroatoms. The molecule has 1 saturated heterocycles. The van der Waals surface area contributed by atoms with E-state index >= 15 is 0 Å². The molecule has 0 radical (unpaired) electrons. The number of aliphatic carboxylic acids is 1. The number of hydrogen-bond donors (Lipinski definition) is 2. The summed E-state index contributed by atoms with van der Waals surface area (Å²) in [5.41, 5.74) is 0.930. The Balaban J connectivity index is 2.13. The number of amides is 1. The molecule has 4 nitrogen and oxygen atoms in total. The zero-order valence-electron chi connectivity index (χ0n) is 10.8. The van der Waals surface area contributed by atoms with Crippen LogP contribution in [0, 0.1) is 9.49 Å². The number of nitrogens with zero attached hydrogens (tertiary/aromatic N) is 1. The highest BCUT2D eigenvalue weighted by Crippen LogP contribution is 2.23. The second-order valence-electron chi connectivity index (χ2n) is 4.98. The number of carbonyl (C=O) groups is 2. The molecule has 1 N–H and O–H groups in total. The van der Waals surface area contributed by atoms with Gasteiger partial charge in [-0.05, 0) is 52.0 Å². The van der Waals surface area contributed by atoms with Crippen LogP contribution < -0.4 is 0 Å². The summed E-state index contributed by atoms with van der Waals surface area (Å²) in [6.45, 7) is 0.490. The highest BCUT2D eigenvalue weighted by molar-refractivity contribution is 14.1. The molecule has 2 rings (SSSR count). The van der Waals surface area contributed by atoms with E-state index in [9.17, 15) is 14.7 Å². The van der Waals surface area contributed by atoms with Crippen molar-refractivity contribution in [3.8, 4) is 0 Å².